The molecule has 1 N–H and O–H groups in total. The summed E-state index contributed by atoms with van der Waals surface area (Å²) in [6.45, 7) is 2.44. The van der Waals surface area contributed by atoms with Crippen molar-refractivity contribution in [2.75, 3.05) is 5.32 Å². The molecule has 1 amide bonds. The van der Waals surface area contributed by atoms with Crippen molar-refractivity contribution in [3.63, 3.8) is 0 Å². The first-order valence-corrected chi connectivity index (χ1v) is 4.25. The fraction of sp³-hybridized carbons (Fsp3) is 0.200. The Morgan fingerprint density at radius 3 is 2.53 bits per heavy atom. The lowest BCUT2D eigenvalue weighted by atomic mass is 10.2. The van der Waals surface area contributed by atoms with Crippen LogP contribution in [0, 0.1) is 5.82 Å². The molecular formula is C10H10FNO3. The van der Waals surface area contributed by atoms with Crippen LogP contribution < -0.4 is 10.1 Å². The fourth-order valence-corrected chi connectivity index (χ4v) is 1.04. The van der Waals surface area contributed by atoms with Gasteiger partial charge in [-0.25, -0.2) is 4.39 Å². The van der Waals surface area contributed by atoms with Gasteiger partial charge in [-0.3, -0.25) is 9.59 Å². The minimum absolute atomic E-state index is 0.00213. The third-order valence-electron chi connectivity index (χ3n) is 1.53. The van der Waals surface area contributed by atoms with Crippen molar-refractivity contribution in [3.05, 3.63) is 24.0 Å². The van der Waals surface area contributed by atoms with Crippen LogP contribution in [0.4, 0.5) is 10.1 Å². The average molecular weight is 211 g/mol. The van der Waals surface area contributed by atoms with Gasteiger partial charge in [0.1, 0.15) is 5.69 Å². The lowest BCUT2D eigenvalue weighted by molar-refractivity contribution is -0.131. The number of amides is 1. The SMILES string of the molecule is CC(=O)Nc1c(F)cccc1OC(C)=O. The van der Waals surface area contributed by atoms with Gasteiger partial charge in [-0.15, -0.1) is 0 Å². The van der Waals surface area contributed by atoms with E-state index < -0.39 is 17.7 Å². The molecule has 1 aromatic rings. The Kier molecular flexibility index (Phi) is 3.38. The summed E-state index contributed by atoms with van der Waals surface area (Å²) in [6.07, 6.45) is 0. The number of para-hydroxylation sites is 1. The molecule has 0 unspecified atom stereocenters. The summed E-state index contributed by atoms with van der Waals surface area (Å²) >= 11 is 0. The highest BCUT2D eigenvalue weighted by atomic mass is 19.1. The Morgan fingerprint density at radius 2 is 2.00 bits per heavy atom. The van der Waals surface area contributed by atoms with Crippen LogP contribution in [0.3, 0.4) is 0 Å². The second-order valence-corrected chi connectivity index (χ2v) is 2.89. The molecule has 1 aromatic carbocycles. The molecule has 0 saturated carbocycles. The maximum Gasteiger partial charge on any atom is 0.308 e. The number of carbonyl (C=O) groups is 2. The van der Waals surface area contributed by atoms with Gasteiger partial charge >= 0.3 is 5.97 Å². The molecular weight excluding hydrogens is 201 g/mol. The monoisotopic (exact) mass is 211 g/mol. The first-order valence-electron chi connectivity index (χ1n) is 4.25. The van der Waals surface area contributed by atoms with Crippen LogP contribution in [0.2, 0.25) is 0 Å². The molecule has 0 saturated heterocycles. The molecule has 0 aliphatic rings. The first-order chi connectivity index (χ1) is 7.00. The van der Waals surface area contributed by atoms with E-state index in [1.54, 1.807) is 0 Å². The van der Waals surface area contributed by atoms with Crippen molar-refractivity contribution in [2.45, 2.75) is 13.8 Å². The van der Waals surface area contributed by atoms with E-state index in [1.807, 2.05) is 0 Å². The Bertz CT molecular complexity index is 404. The minimum Gasteiger partial charge on any atom is -0.424 e. The normalized spacial score (nSPS) is 9.53. The van der Waals surface area contributed by atoms with E-state index >= 15 is 0 Å². The van der Waals surface area contributed by atoms with Gasteiger partial charge in [0.25, 0.3) is 0 Å². The number of anilines is 1. The van der Waals surface area contributed by atoms with Gasteiger partial charge in [-0.2, -0.15) is 0 Å². The van der Waals surface area contributed by atoms with Gasteiger partial charge in [0, 0.05) is 13.8 Å². The summed E-state index contributed by atoms with van der Waals surface area (Å²) in [5, 5.41) is 2.26. The number of benzene rings is 1. The standard InChI is InChI=1S/C10H10FNO3/c1-6(13)12-10-8(11)4-3-5-9(10)15-7(2)14/h3-5H,1-2H3,(H,12,13). The molecule has 0 heterocycles. The lowest BCUT2D eigenvalue weighted by Crippen LogP contribution is -2.11. The Labute approximate surface area is 86.0 Å². The van der Waals surface area contributed by atoms with Crippen LogP contribution in [0.5, 0.6) is 5.75 Å². The third kappa shape index (κ3) is 3.05. The van der Waals surface area contributed by atoms with E-state index in [2.05, 4.69) is 5.32 Å². The number of esters is 1. The van der Waals surface area contributed by atoms with Gasteiger partial charge < -0.3 is 10.1 Å². The van der Waals surface area contributed by atoms with Crippen molar-refractivity contribution in [3.8, 4) is 5.75 Å². The van der Waals surface area contributed by atoms with Crippen molar-refractivity contribution < 1.29 is 18.7 Å². The van der Waals surface area contributed by atoms with E-state index in [0.29, 0.717) is 0 Å². The zero-order chi connectivity index (χ0) is 11.4. The van der Waals surface area contributed by atoms with E-state index in [0.717, 1.165) is 6.07 Å². The number of nitrogens with one attached hydrogen (secondary N) is 1. The summed E-state index contributed by atoms with van der Waals surface area (Å²) in [5.41, 5.74) is -0.125. The van der Waals surface area contributed by atoms with Crippen molar-refractivity contribution in [1.82, 2.24) is 0 Å². The van der Waals surface area contributed by atoms with Gasteiger partial charge in [-0.05, 0) is 12.1 Å². The Hall–Kier alpha value is -1.91. The van der Waals surface area contributed by atoms with Crippen LogP contribution in [0.25, 0.3) is 0 Å². The number of hydrogen-bond acceptors (Lipinski definition) is 3. The lowest BCUT2D eigenvalue weighted by Gasteiger charge is -2.09. The zero-order valence-corrected chi connectivity index (χ0v) is 8.33. The van der Waals surface area contributed by atoms with Crippen LogP contribution >= 0.6 is 0 Å². The van der Waals surface area contributed by atoms with Gasteiger partial charge in [0.2, 0.25) is 5.91 Å². The molecule has 1 rings (SSSR count). The number of halogens is 1. The number of carbonyl (C=O) groups excluding carboxylic acids is 2. The minimum atomic E-state index is -0.649. The summed E-state index contributed by atoms with van der Waals surface area (Å²) in [5.74, 6) is -1.66. The topological polar surface area (TPSA) is 55.4 Å². The van der Waals surface area contributed by atoms with Crippen LogP contribution in [-0.2, 0) is 9.59 Å². The fourth-order valence-electron chi connectivity index (χ4n) is 1.04. The second-order valence-electron chi connectivity index (χ2n) is 2.89. The molecule has 4 nitrogen and oxygen atoms in total. The molecule has 5 heteroatoms. The predicted octanol–water partition coefficient (Wildman–Crippen LogP) is 1.71. The molecule has 0 aromatic heterocycles. The highest BCUT2D eigenvalue weighted by Gasteiger charge is 2.12. The molecule has 80 valence electrons. The van der Waals surface area contributed by atoms with Gasteiger partial charge in [-0.1, -0.05) is 6.07 Å². The van der Waals surface area contributed by atoms with E-state index in [-0.39, 0.29) is 11.4 Å². The smallest absolute Gasteiger partial charge is 0.308 e. The zero-order valence-electron chi connectivity index (χ0n) is 8.33. The highest BCUT2D eigenvalue weighted by molar-refractivity contribution is 5.91. The maximum atomic E-state index is 13.3. The molecule has 0 radical (unpaired) electrons. The summed E-state index contributed by atoms with van der Waals surface area (Å²) in [6, 6.07) is 3.95. The van der Waals surface area contributed by atoms with Gasteiger partial charge in [0.15, 0.2) is 11.6 Å². The van der Waals surface area contributed by atoms with E-state index in [4.69, 9.17) is 4.74 Å². The predicted molar refractivity (Wildman–Crippen MR) is 52.0 cm³/mol. The molecule has 0 bridgehead atoms. The van der Waals surface area contributed by atoms with Crippen molar-refractivity contribution in [1.29, 1.82) is 0 Å². The second kappa shape index (κ2) is 4.54. The van der Waals surface area contributed by atoms with Crippen LogP contribution in [0.1, 0.15) is 13.8 Å². The average Bonchev–Trinajstić information content (AvgIpc) is 2.09. The molecule has 0 atom stereocenters. The molecule has 0 spiro atoms. The Morgan fingerprint density at radius 1 is 1.33 bits per heavy atom. The van der Waals surface area contributed by atoms with Crippen LogP contribution in [0.15, 0.2) is 18.2 Å². The number of hydrogen-bond donors (Lipinski definition) is 1. The quantitative estimate of drug-likeness (QED) is 0.598. The summed E-state index contributed by atoms with van der Waals surface area (Å²) in [7, 11) is 0. The maximum absolute atomic E-state index is 13.3. The molecule has 15 heavy (non-hydrogen) atoms. The van der Waals surface area contributed by atoms with E-state index in [1.165, 1.54) is 26.0 Å². The molecule has 0 fully saturated rings. The van der Waals surface area contributed by atoms with Crippen molar-refractivity contribution >= 4 is 17.6 Å². The molecule has 0 aliphatic carbocycles. The van der Waals surface area contributed by atoms with Crippen molar-refractivity contribution in [2.24, 2.45) is 0 Å². The van der Waals surface area contributed by atoms with E-state index in [9.17, 15) is 14.0 Å². The largest absolute Gasteiger partial charge is 0.424 e. The third-order valence-corrected chi connectivity index (χ3v) is 1.53. The number of ether oxygens (including phenoxy) is 1. The molecule has 0 aliphatic heterocycles. The highest BCUT2D eigenvalue weighted by Crippen LogP contribution is 2.27. The first kappa shape index (κ1) is 11.2. The van der Waals surface area contributed by atoms with Crippen LogP contribution in [-0.4, -0.2) is 11.9 Å². The number of rotatable bonds is 2. The van der Waals surface area contributed by atoms with Gasteiger partial charge in [0.05, 0.1) is 0 Å². The summed E-state index contributed by atoms with van der Waals surface area (Å²) in [4.78, 5) is 21.5. The summed E-state index contributed by atoms with van der Waals surface area (Å²) < 4.78 is 18.0. The Balaban J connectivity index is 3.08.